The molecule has 0 saturated heterocycles. The quantitative estimate of drug-likeness (QED) is 0.815. The highest BCUT2D eigenvalue weighted by atomic mass is 16.5. The Hall–Kier alpha value is -1.84. The molecule has 4 heteroatoms. The van der Waals surface area contributed by atoms with Crippen LogP contribution in [0.2, 0.25) is 0 Å². The summed E-state index contributed by atoms with van der Waals surface area (Å²) in [7, 11) is 1.65. The fourth-order valence-corrected chi connectivity index (χ4v) is 1.54. The topological polar surface area (TPSA) is 48.2 Å². The lowest BCUT2D eigenvalue weighted by Gasteiger charge is -2.04. The van der Waals surface area contributed by atoms with Crippen LogP contribution in [0.25, 0.3) is 11.5 Å². The molecule has 1 aromatic carbocycles. The van der Waals surface area contributed by atoms with Gasteiger partial charge >= 0.3 is 0 Å². The van der Waals surface area contributed by atoms with Gasteiger partial charge in [0, 0.05) is 11.5 Å². The van der Waals surface area contributed by atoms with Crippen LogP contribution < -0.4 is 4.74 Å². The molecule has 0 atom stereocenters. The van der Waals surface area contributed by atoms with Gasteiger partial charge in [0.25, 0.3) is 5.89 Å². The van der Waals surface area contributed by atoms with Gasteiger partial charge in [-0.3, -0.25) is 0 Å². The molecule has 0 saturated carbocycles. The second-order valence-electron chi connectivity index (χ2n) is 4.30. The summed E-state index contributed by atoms with van der Waals surface area (Å²) >= 11 is 0. The first kappa shape index (κ1) is 11.6. The van der Waals surface area contributed by atoms with Crippen LogP contribution in [0, 0.1) is 6.92 Å². The van der Waals surface area contributed by atoms with Gasteiger partial charge in [-0.1, -0.05) is 25.1 Å². The van der Waals surface area contributed by atoms with Crippen molar-refractivity contribution in [3.8, 4) is 17.2 Å². The van der Waals surface area contributed by atoms with E-state index in [0.717, 1.165) is 22.7 Å². The first-order chi connectivity index (χ1) is 8.11. The minimum Gasteiger partial charge on any atom is -0.496 e. The van der Waals surface area contributed by atoms with Crippen LogP contribution >= 0.6 is 0 Å². The Morgan fingerprint density at radius 1 is 1.29 bits per heavy atom. The van der Waals surface area contributed by atoms with E-state index in [1.165, 1.54) is 0 Å². The molecule has 0 N–H and O–H groups in total. The molecule has 0 spiro atoms. The van der Waals surface area contributed by atoms with Crippen LogP contribution in [0.15, 0.2) is 22.7 Å². The van der Waals surface area contributed by atoms with E-state index in [1.54, 1.807) is 7.11 Å². The van der Waals surface area contributed by atoms with Crippen molar-refractivity contribution >= 4 is 0 Å². The predicted molar refractivity (Wildman–Crippen MR) is 65.1 cm³/mol. The number of aromatic nitrogens is 2. The number of hydrogen-bond donors (Lipinski definition) is 0. The molecule has 0 aliphatic carbocycles. The molecular formula is C13H16N2O2. The average Bonchev–Trinajstić information content (AvgIpc) is 2.79. The van der Waals surface area contributed by atoms with Crippen molar-refractivity contribution in [3.63, 3.8) is 0 Å². The SMILES string of the molecule is COc1cc(-c2nc(C(C)C)no2)ccc1C. The lowest BCUT2D eigenvalue weighted by molar-refractivity contribution is 0.409. The zero-order chi connectivity index (χ0) is 12.4. The minimum absolute atomic E-state index is 0.264. The van der Waals surface area contributed by atoms with E-state index in [2.05, 4.69) is 10.1 Å². The number of rotatable bonds is 3. The summed E-state index contributed by atoms with van der Waals surface area (Å²) in [4.78, 5) is 4.35. The standard InChI is InChI=1S/C13H16N2O2/c1-8(2)12-14-13(17-15-12)10-6-5-9(3)11(7-10)16-4/h5-8H,1-4H3. The van der Waals surface area contributed by atoms with Crippen molar-refractivity contribution in [2.45, 2.75) is 26.7 Å². The Morgan fingerprint density at radius 2 is 2.06 bits per heavy atom. The Kier molecular flexibility index (Phi) is 3.13. The smallest absolute Gasteiger partial charge is 0.258 e. The first-order valence-electron chi connectivity index (χ1n) is 5.60. The van der Waals surface area contributed by atoms with Crippen LogP contribution in [0.1, 0.15) is 31.2 Å². The maximum absolute atomic E-state index is 5.27. The average molecular weight is 232 g/mol. The van der Waals surface area contributed by atoms with Crippen molar-refractivity contribution in [2.75, 3.05) is 7.11 Å². The molecule has 0 radical (unpaired) electrons. The molecule has 2 aromatic rings. The molecule has 2 rings (SSSR count). The van der Waals surface area contributed by atoms with Crippen LogP contribution in [0.3, 0.4) is 0 Å². The molecule has 1 heterocycles. The molecule has 17 heavy (non-hydrogen) atoms. The van der Waals surface area contributed by atoms with Crippen molar-refractivity contribution in [3.05, 3.63) is 29.6 Å². The molecule has 90 valence electrons. The normalized spacial score (nSPS) is 10.9. The van der Waals surface area contributed by atoms with E-state index in [1.807, 2.05) is 39.0 Å². The molecule has 1 aromatic heterocycles. The summed E-state index contributed by atoms with van der Waals surface area (Å²) in [6, 6.07) is 5.84. The first-order valence-corrected chi connectivity index (χ1v) is 5.60. The lowest BCUT2D eigenvalue weighted by Crippen LogP contribution is -1.90. The van der Waals surface area contributed by atoms with Gasteiger partial charge < -0.3 is 9.26 Å². The van der Waals surface area contributed by atoms with Gasteiger partial charge in [-0.25, -0.2) is 0 Å². The van der Waals surface area contributed by atoms with Crippen molar-refractivity contribution in [2.24, 2.45) is 0 Å². The number of ether oxygens (including phenoxy) is 1. The summed E-state index contributed by atoms with van der Waals surface area (Å²) in [5.41, 5.74) is 1.96. The van der Waals surface area contributed by atoms with Gasteiger partial charge in [-0.2, -0.15) is 4.98 Å². The van der Waals surface area contributed by atoms with Crippen LogP contribution in [-0.4, -0.2) is 17.3 Å². The molecule has 0 amide bonds. The van der Waals surface area contributed by atoms with Gasteiger partial charge in [0.2, 0.25) is 0 Å². The Labute approximate surface area is 101 Å². The Balaban J connectivity index is 2.38. The monoisotopic (exact) mass is 232 g/mol. The lowest BCUT2D eigenvalue weighted by atomic mass is 10.1. The molecule has 4 nitrogen and oxygen atoms in total. The number of benzene rings is 1. The molecule has 0 bridgehead atoms. The third kappa shape index (κ3) is 2.30. The summed E-state index contributed by atoms with van der Waals surface area (Å²) < 4.78 is 10.5. The van der Waals surface area contributed by atoms with E-state index < -0.39 is 0 Å². The summed E-state index contributed by atoms with van der Waals surface area (Å²) in [5.74, 6) is 2.35. The molecule has 0 aliphatic heterocycles. The van der Waals surface area contributed by atoms with Gasteiger partial charge in [0.05, 0.1) is 7.11 Å². The van der Waals surface area contributed by atoms with Gasteiger partial charge in [0.15, 0.2) is 5.82 Å². The Bertz CT molecular complexity index is 518. The molecular weight excluding hydrogens is 216 g/mol. The maximum atomic E-state index is 5.27. The van der Waals surface area contributed by atoms with Gasteiger partial charge in [-0.05, 0) is 24.6 Å². The van der Waals surface area contributed by atoms with Crippen molar-refractivity contribution in [1.29, 1.82) is 0 Å². The molecule has 0 unspecified atom stereocenters. The third-order valence-corrected chi connectivity index (χ3v) is 2.61. The molecule has 0 aliphatic rings. The second kappa shape index (κ2) is 4.57. The van der Waals surface area contributed by atoms with E-state index in [-0.39, 0.29) is 5.92 Å². The van der Waals surface area contributed by atoms with Crippen LogP contribution in [-0.2, 0) is 0 Å². The largest absolute Gasteiger partial charge is 0.496 e. The Morgan fingerprint density at radius 3 is 2.65 bits per heavy atom. The number of aryl methyl sites for hydroxylation is 1. The minimum atomic E-state index is 0.264. The zero-order valence-electron chi connectivity index (χ0n) is 10.5. The number of nitrogens with zero attached hydrogens (tertiary/aromatic N) is 2. The highest BCUT2D eigenvalue weighted by Crippen LogP contribution is 2.26. The van der Waals surface area contributed by atoms with E-state index in [0.29, 0.717) is 5.89 Å². The van der Waals surface area contributed by atoms with E-state index in [9.17, 15) is 0 Å². The highest BCUT2D eigenvalue weighted by Gasteiger charge is 2.12. The fraction of sp³-hybridized carbons (Fsp3) is 0.385. The van der Waals surface area contributed by atoms with Gasteiger partial charge in [0.1, 0.15) is 5.75 Å². The van der Waals surface area contributed by atoms with Gasteiger partial charge in [-0.15, -0.1) is 0 Å². The molecule has 0 fully saturated rings. The zero-order valence-corrected chi connectivity index (χ0v) is 10.5. The highest BCUT2D eigenvalue weighted by molar-refractivity contribution is 5.57. The number of hydrogen-bond acceptors (Lipinski definition) is 4. The predicted octanol–water partition coefficient (Wildman–Crippen LogP) is 3.18. The van der Waals surface area contributed by atoms with Crippen LogP contribution in [0.4, 0.5) is 0 Å². The van der Waals surface area contributed by atoms with Crippen molar-refractivity contribution < 1.29 is 9.26 Å². The second-order valence-corrected chi connectivity index (χ2v) is 4.30. The van der Waals surface area contributed by atoms with E-state index >= 15 is 0 Å². The van der Waals surface area contributed by atoms with E-state index in [4.69, 9.17) is 9.26 Å². The fourth-order valence-electron chi connectivity index (χ4n) is 1.54. The van der Waals surface area contributed by atoms with Crippen molar-refractivity contribution in [1.82, 2.24) is 10.1 Å². The summed E-state index contributed by atoms with van der Waals surface area (Å²) in [6.07, 6.45) is 0. The van der Waals surface area contributed by atoms with Crippen LogP contribution in [0.5, 0.6) is 5.75 Å². The summed E-state index contributed by atoms with van der Waals surface area (Å²) in [5, 5.41) is 3.94. The summed E-state index contributed by atoms with van der Waals surface area (Å²) in [6.45, 7) is 6.06. The third-order valence-electron chi connectivity index (χ3n) is 2.61. The number of methoxy groups -OCH3 is 1. The maximum Gasteiger partial charge on any atom is 0.258 e.